The summed E-state index contributed by atoms with van der Waals surface area (Å²) in [5.41, 5.74) is -2.76. The van der Waals surface area contributed by atoms with E-state index in [0.717, 1.165) is 0 Å². The minimum Gasteiger partial charge on any atom is -0.481 e. The number of hydrogen-bond donors (Lipinski definition) is 2. The van der Waals surface area contributed by atoms with Crippen LogP contribution in [0.5, 0.6) is 0 Å². The Balaban J connectivity index is 2.98. The van der Waals surface area contributed by atoms with Gasteiger partial charge in [0.05, 0.1) is 5.41 Å². The van der Waals surface area contributed by atoms with E-state index in [0.29, 0.717) is 0 Å². The fourth-order valence-electron chi connectivity index (χ4n) is 1.89. The average molecular weight is 244 g/mol. The van der Waals surface area contributed by atoms with E-state index in [-0.39, 0.29) is 19.6 Å². The third kappa shape index (κ3) is 2.65. The molecular formula is C11H16O6. The minimum absolute atomic E-state index is 0.121. The standard InChI is InChI=1S/C11H16O6/c1-10(8(12)13)4-3-5-11(6-10,9(14)15)17-7-16-2/h3-4H,5-7H2,1-2H3,(H,12,13)(H,14,15). The zero-order valence-electron chi connectivity index (χ0n) is 9.80. The van der Waals surface area contributed by atoms with Gasteiger partial charge in [-0.2, -0.15) is 0 Å². The maximum absolute atomic E-state index is 11.3. The first kappa shape index (κ1) is 13.7. The summed E-state index contributed by atoms with van der Waals surface area (Å²) in [6.07, 6.45) is 3.05. The van der Waals surface area contributed by atoms with Gasteiger partial charge in [0.2, 0.25) is 0 Å². The molecule has 0 aromatic carbocycles. The molecule has 0 amide bonds. The highest BCUT2D eigenvalue weighted by Crippen LogP contribution is 2.39. The van der Waals surface area contributed by atoms with E-state index in [9.17, 15) is 14.7 Å². The van der Waals surface area contributed by atoms with Crippen molar-refractivity contribution in [3.63, 3.8) is 0 Å². The zero-order chi connectivity index (χ0) is 13.1. The summed E-state index contributed by atoms with van der Waals surface area (Å²) in [6, 6.07) is 0. The summed E-state index contributed by atoms with van der Waals surface area (Å²) < 4.78 is 9.88. The molecule has 0 saturated carbocycles. The van der Waals surface area contributed by atoms with Crippen molar-refractivity contribution in [2.75, 3.05) is 13.9 Å². The van der Waals surface area contributed by atoms with Crippen molar-refractivity contribution >= 4 is 11.9 Å². The number of rotatable bonds is 5. The van der Waals surface area contributed by atoms with Gasteiger partial charge in [0.15, 0.2) is 5.60 Å². The van der Waals surface area contributed by atoms with Crippen molar-refractivity contribution < 1.29 is 29.3 Å². The smallest absolute Gasteiger partial charge is 0.336 e. The van der Waals surface area contributed by atoms with Crippen molar-refractivity contribution in [3.8, 4) is 0 Å². The van der Waals surface area contributed by atoms with Gasteiger partial charge in [-0.25, -0.2) is 4.79 Å². The molecule has 96 valence electrons. The third-order valence-corrected chi connectivity index (χ3v) is 2.92. The van der Waals surface area contributed by atoms with Crippen LogP contribution in [0.4, 0.5) is 0 Å². The Morgan fingerprint density at radius 3 is 2.47 bits per heavy atom. The second-order valence-electron chi connectivity index (χ2n) is 4.36. The van der Waals surface area contributed by atoms with Crippen molar-refractivity contribution in [2.45, 2.75) is 25.4 Å². The van der Waals surface area contributed by atoms with Crippen LogP contribution in [0.2, 0.25) is 0 Å². The van der Waals surface area contributed by atoms with Gasteiger partial charge >= 0.3 is 11.9 Å². The topological polar surface area (TPSA) is 93.1 Å². The lowest BCUT2D eigenvalue weighted by molar-refractivity contribution is -0.190. The van der Waals surface area contributed by atoms with Crippen LogP contribution in [0.25, 0.3) is 0 Å². The molecule has 0 aromatic rings. The number of methoxy groups -OCH3 is 1. The van der Waals surface area contributed by atoms with Crippen LogP contribution in [-0.2, 0) is 19.1 Å². The molecule has 6 nitrogen and oxygen atoms in total. The van der Waals surface area contributed by atoms with Crippen LogP contribution in [0.3, 0.4) is 0 Å². The van der Waals surface area contributed by atoms with E-state index in [1.807, 2.05) is 0 Å². The molecule has 0 radical (unpaired) electrons. The highest BCUT2D eigenvalue weighted by atomic mass is 16.7. The molecule has 0 saturated heterocycles. The van der Waals surface area contributed by atoms with Crippen LogP contribution >= 0.6 is 0 Å². The molecule has 0 spiro atoms. The van der Waals surface area contributed by atoms with Gasteiger partial charge in [-0.1, -0.05) is 12.2 Å². The maximum atomic E-state index is 11.3. The molecule has 0 fully saturated rings. The van der Waals surface area contributed by atoms with Gasteiger partial charge in [-0.15, -0.1) is 0 Å². The monoisotopic (exact) mass is 244 g/mol. The summed E-state index contributed by atoms with van der Waals surface area (Å²) in [5.74, 6) is -2.24. The second-order valence-corrected chi connectivity index (χ2v) is 4.36. The molecular weight excluding hydrogens is 228 g/mol. The lowest BCUT2D eigenvalue weighted by Gasteiger charge is -2.37. The largest absolute Gasteiger partial charge is 0.481 e. The van der Waals surface area contributed by atoms with Crippen LogP contribution in [0, 0.1) is 5.41 Å². The number of carboxylic acids is 2. The van der Waals surface area contributed by atoms with Crippen LogP contribution in [0.1, 0.15) is 19.8 Å². The highest BCUT2D eigenvalue weighted by molar-refractivity contribution is 5.83. The average Bonchev–Trinajstić information content (AvgIpc) is 2.26. The van der Waals surface area contributed by atoms with Gasteiger partial charge in [0.25, 0.3) is 0 Å². The first-order chi connectivity index (χ1) is 7.86. The molecule has 1 aliphatic carbocycles. The molecule has 17 heavy (non-hydrogen) atoms. The lowest BCUT2D eigenvalue weighted by Crippen LogP contribution is -2.49. The summed E-state index contributed by atoms with van der Waals surface area (Å²) in [4.78, 5) is 22.4. The van der Waals surface area contributed by atoms with E-state index >= 15 is 0 Å². The first-order valence-electron chi connectivity index (χ1n) is 5.14. The Kier molecular flexibility index (Phi) is 3.90. The Morgan fingerprint density at radius 1 is 1.35 bits per heavy atom. The van der Waals surface area contributed by atoms with Gasteiger partial charge in [-0.3, -0.25) is 4.79 Å². The lowest BCUT2D eigenvalue weighted by atomic mass is 9.73. The number of aliphatic carboxylic acids is 2. The van der Waals surface area contributed by atoms with Gasteiger partial charge in [-0.05, 0) is 6.92 Å². The normalized spacial score (nSPS) is 32.4. The zero-order valence-corrected chi connectivity index (χ0v) is 9.80. The number of carbonyl (C=O) groups is 2. The Hall–Kier alpha value is -1.40. The van der Waals surface area contributed by atoms with Crippen LogP contribution in [-0.4, -0.2) is 41.7 Å². The molecule has 2 atom stereocenters. The number of carboxylic acid groups (broad SMARTS) is 2. The van der Waals surface area contributed by atoms with E-state index in [1.54, 1.807) is 0 Å². The molecule has 0 heterocycles. The fourth-order valence-corrected chi connectivity index (χ4v) is 1.89. The van der Waals surface area contributed by atoms with E-state index in [4.69, 9.17) is 14.6 Å². The molecule has 0 aromatic heterocycles. The Morgan fingerprint density at radius 2 is 2.00 bits per heavy atom. The number of ether oxygens (including phenoxy) is 2. The quantitative estimate of drug-likeness (QED) is 0.550. The van der Waals surface area contributed by atoms with Gasteiger partial charge < -0.3 is 19.7 Å². The van der Waals surface area contributed by atoms with Crippen molar-refractivity contribution in [3.05, 3.63) is 12.2 Å². The van der Waals surface area contributed by atoms with Crippen molar-refractivity contribution in [1.82, 2.24) is 0 Å². The Labute approximate surface area is 98.8 Å². The predicted molar refractivity (Wildman–Crippen MR) is 57.4 cm³/mol. The fraction of sp³-hybridized carbons (Fsp3) is 0.636. The SMILES string of the molecule is COCOC1(C(=O)O)CC=CC(C)(C(=O)O)C1. The molecule has 1 aliphatic rings. The van der Waals surface area contributed by atoms with E-state index < -0.39 is 23.0 Å². The summed E-state index contributed by atoms with van der Waals surface area (Å²) in [5, 5.41) is 18.3. The molecule has 2 unspecified atom stereocenters. The molecule has 2 N–H and O–H groups in total. The van der Waals surface area contributed by atoms with Crippen molar-refractivity contribution in [1.29, 1.82) is 0 Å². The molecule has 0 aliphatic heterocycles. The minimum atomic E-state index is -1.53. The maximum Gasteiger partial charge on any atom is 0.336 e. The Bertz CT molecular complexity index is 350. The van der Waals surface area contributed by atoms with Gasteiger partial charge in [0.1, 0.15) is 6.79 Å². The first-order valence-corrected chi connectivity index (χ1v) is 5.14. The molecule has 1 rings (SSSR count). The summed E-state index contributed by atoms with van der Waals surface area (Å²) >= 11 is 0. The van der Waals surface area contributed by atoms with E-state index in [2.05, 4.69) is 0 Å². The molecule has 0 bridgehead atoms. The third-order valence-electron chi connectivity index (χ3n) is 2.92. The predicted octanol–water partition coefficient (Wildman–Crippen LogP) is 0.871. The number of hydrogen-bond acceptors (Lipinski definition) is 4. The van der Waals surface area contributed by atoms with Crippen LogP contribution in [0.15, 0.2) is 12.2 Å². The second kappa shape index (κ2) is 4.85. The van der Waals surface area contributed by atoms with Crippen LogP contribution < -0.4 is 0 Å². The summed E-state index contributed by atoms with van der Waals surface area (Å²) in [7, 11) is 1.38. The van der Waals surface area contributed by atoms with Crippen molar-refractivity contribution in [2.24, 2.45) is 5.41 Å². The van der Waals surface area contributed by atoms with Gasteiger partial charge in [0, 0.05) is 20.0 Å². The molecule has 6 heteroatoms. The van der Waals surface area contributed by atoms with E-state index in [1.165, 1.54) is 26.2 Å². The highest BCUT2D eigenvalue weighted by Gasteiger charge is 2.49. The summed E-state index contributed by atoms with van der Waals surface area (Å²) in [6.45, 7) is 1.29.